The minimum Gasteiger partial charge on any atom is -0.455 e. The van der Waals surface area contributed by atoms with Gasteiger partial charge in [0.15, 0.2) is 11.5 Å². The van der Waals surface area contributed by atoms with Gasteiger partial charge in [0.1, 0.15) is 5.60 Å². The molecule has 0 saturated heterocycles. The number of anilines is 1. The van der Waals surface area contributed by atoms with Crippen LogP contribution in [0.4, 0.5) is 5.69 Å². The maximum atomic E-state index is 12.2. The number of nitrogen functional groups attached to an aromatic ring is 1. The van der Waals surface area contributed by atoms with Crippen molar-refractivity contribution < 1.29 is 14.3 Å². The summed E-state index contributed by atoms with van der Waals surface area (Å²) < 4.78 is 5.27. The summed E-state index contributed by atoms with van der Waals surface area (Å²) in [6, 6.07) is 5.23. The lowest BCUT2D eigenvalue weighted by Crippen LogP contribution is -2.25. The third-order valence-electron chi connectivity index (χ3n) is 2.82. The van der Waals surface area contributed by atoms with Crippen molar-refractivity contribution in [3.8, 4) is 0 Å². The summed E-state index contributed by atoms with van der Waals surface area (Å²) in [5.74, 6) is -0.626. The lowest BCUT2D eigenvalue weighted by molar-refractivity contribution is 0.00639. The van der Waals surface area contributed by atoms with Crippen LogP contribution in [0.2, 0.25) is 0 Å². The Bertz CT molecular complexity index is 688. The number of pyridine rings is 1. The Morgan fingerprint density at radius 1 is 1.32 bits per heavy atom. The van der Waals surface area contributed by atoms with Crippen molar-refractivity contribution in [1.82, 2.24) is 4.98 Å². The summed E-state index contributed by atoms with van der Waals surface area (Å²) in [5, 5.41) is 1.84. The van der Waals surface area contributed by atoms with Crippen molar-refractivity contribution in [2.45, 2.75) is 32.8 Å². The molecule has 2 aromatic heterocycles. The Hall–Kier alpha value is -2.21. The third-order valence-corrected chi connectivity index (χ3v) is 3.73. The van der Waals surface area contributed by atoms with Gasteiger partial charge in [-0.25, -0.2) is 9.78 Å². The SMILES string of the molecule is CC(C)(C)OC(=O)c1nccc(CC(=O)c2cccs2)c1N. The molecule has 6 heteroatoms. The van der Waals surface area contributed by atoms with Gasteiger partial charge in [-0.2, -0.15) is 0 Å². The number of carbonyl (C=O) groups is 2. The topological polar surface area (TPSA) is 82.3 Å². The van der Waals surface area contributed by atoms with Crippen LogP contribution in [-0.4, -0.2) is 22.3 Å². The molecular weight excluding hydrogens is 300 g/mol. The molecule has 116 valence electrons. The molecule has 0 saturated carbocycles. The summed E-state index contributed by atoms with van der Waals surface area (Å²) in [6.45, 7) is 5.31. The van der Waals surface area contributed by atoms with E-state index < -0.39 is 11.6 Å². The van der Waals surface area contributed by atoms with Crippen LogP contribution in [0.5, 0.6) is 0 Å². The van der Waals surface area contributed by atoms with Crippen LogP contribution >= 0.6 is 11.3 Å². The van der Waals surface area contributed by atoms with Gasteiger partial charge in [-0.1, -0.05) is 6.07 Å². The van der Waals surface area contributed by atoms with Gasteiger partial charge in [0.2, 0.25) is 0 Å². The number of Topliss-reactive ketones (excluding diaryl/α,β-unsaturated/α-hetero) is 1. The fourth-order valence-corrected chi connectivity index (χ4v) is 2.52. The molecule has 0 aliphatic heterocycles. The van der Waals surface area contributed by atoms with E-state index in [-0.39, 0.29) is 23.6 Å². The Morgan fingerprint density at radius 2 is 2.05 bits per heavy atom. The predicted octanol–water partition coefficient (Wildman–Crippen LogP) is 3.11. The van der Waals surface area contributed by atoms with E-state index >= 15 is 0 Å². The lowest BCUT2D eigenvalue weighted by Gasteiger charge is -2.20. The van der Waals surface area contributed by atoms with Crippen LogP contribution in [0, 0.1) is 0 Å². The Balaban J connectivity index is 2.22. The number of rotatable bonds is 4. The molecule has 2 N–H and O–H groups in total. The van der Waals surface area contributed by atoms with Crippen LogP contribution < -0.4 is 5.73 Å². The van der Waals surface area contributed by atoms with Crippen molar-refractivity contribution in [2.24, 2.45) is 0 Å². The van der Waals surface area contributed by atoms with Crippen LogP contribution in [0.1, 0.15) is 46.5 Å². The van der Waals surface area contributed by atoms with Crippen molar-refractivity contribution in [2.75, 3.05) is 5.73 Å². The molecule has 2 heterocycles. The summed E-state index contributed by atoms with van der Waals surface area (Å²) in [4.78, 5) is 28.9. The Labute approximate surface area is 133 Å². The van der Waals surface area contributed by atoms with Crippen LogP contribution in [0.15, 0.2) is 29.8 Å². The second-order valence-electron chi connectivity index (χ2n) is 5.81. The molecule has 0 amide bonds. The molecule has 5 nitrogen and oxygen atoms in total. The molecule has 22 heavy (non-hydrogen) atoms. The van der Waals surface area contributed by atoms with Gasteiger partial charge in [0.05, 0.1) is 10.6 Å². The first kappa shape index (κ1) is 16.2. The van der Waals surface area contributed by atoms with Crippen LogP contribution in [0.25, 0.3) is 0 Å². The second-order valence-corrected chi connectivity index (χ2v) is 6.76. The molecular formula is C16H18N2O3S. The number of nitrogens with two attached hydrogens (primary N) is 1. The molecule has 0 radical (unpaired) electrons. The van der Waals surface area contributed by atoms with Gasteiger partial charge >= 0.3 is 5.97 Å². The smallest absolute Gasteiger partial charge is 0.359 e. The second kappa shape index (κ2) is 6.27. The maximum absolute atomic E-state index is 12.2. The van der Waals surface area contributed by atoms with E-state index in [2.05, 4.69) is 4.98 Å². The average molecular weight is 318 g/mol. The predicted molar refractivity (Wildman–Crippen MR) is 86.2 cm³/mol. The number of hydrogen-bond acceptors (Lipinski definition) is 6. The summed E-state index contributed by atoms with van der Waals surface area (Å²) in [6.07, 6.45) is 1.59. The van der Waals surface area contributed by atoms with Crippen molar-refractivity contribution in [3.05, 3.63) is 45.9 Å². The van der Waals surface area contributed by atoms with Gasteiger partial charge in [0, 0.05) is 12.6 Å². The van der Waals surface area contributed by atoms with Gasteiger partial charge in [-0.05, 0) is 43.8 Å². The zero-order valence-electron chi connectivity index (χ0n) is 12.8. The molecule has 0 unspecified atom stereocenters. The number of ketones is 1. The molecule has 0 aromatic carbocycles. The molecule has 0 aliphatic rings. The van der Waals surface area contributed by atoms with E-state index in [0.717, 1.165) is 0 Å². The lowest BCUT2D eigenvalue weighted by atomic mass is 10.1. The highest BCUT2D eigenvalue weighted by Crippen LogP contribution is 2.21. The summed E-state index contributed by atoms with van der Waals surface area (Å²) >= 11 is 1.38. The number of thiophene rings is 1. The Morgan fingerprint density at radius 3 is 2.64 bits per heavy atom. The number of carbonyl (C=O) groups excluding carboxylic acids is 2. The standard InChI is InChI=1S/C16H18N2O3S/c1-16(2,3)21-15(20)14-13(17)10(6-7-18-14)9-11(19)12-5-4-8-22-12/h4-8H,9,17H2,1-3H3. The third kappa shape index (κ3) is 3.92. The van der Waals surface area contributed by atoms with Crippen molar-refractivity contribution in [1.29, 1.82) is 0 Å². The average Bonchev–Trinajstić information content (AvgIpc) is 2.93. The quantitative estimate of drug-likeness (QED) is 0.692. The summed E-state index contributed by atoms with van der Waals surface area (Å²) in [7, 11) is 0. The van der Waals surface area contributed by atoms with Gasteiger partial charge in [-0.3, -0.25) is 4.79 Å². The molecule has 0 fully saturated rings. The molecule has 0 spiro atoms. The fraction of sp³-hybridized carbons (Fsp3) is 0.312. The van der Waals surface area contributed by atoms with Crippen molar-refractivity contribution >= 4 is 28.8 Å². The number of esters is 1. The molecule has 0 aliphatic carbocycles. The highest BCUT2D eigenvalue weighted by atomic mass is 32.1. The van der Waals surface area contributed by atoms with Gasteiger partial charge in [-0.15, -0.1) is 11.3 Å². The zero-order chi connectivity index (χ0) is 16.3. The summed E-state index contributed by atoms with van der Waals surface area (Å²) in [5.41, 5.74) is 6.18. The minimum atomic E-state index is -0.631. The number of nitrogens with zero attached hydrogens (tertiary/aromatic N) is 1. The fourth-order valence-electron chi connectivity index (χ4n) is 1.85. The van der Waals surface area contributed by atoms with Crippen LogP contribution in [-0.2, 0) is 11.2 Å². The highest BCUT2D eigenvalue weighted by Gasteiger charge is 2.22. The monoisotopic (exact) mass is 318 g/mol. The highest BCUT2D eigenvalue weighted by molar-refractivity contribution is 7.12. The minimum absolute atomic E-state index is 0.0389. The number of hydrogen-bond donors (Lipinski definition) is 1. The van der Waals surface area contributed by atoms with E-state index in [0.29, 0.717) is 10.4 Å². The molecule has 2 rings (SSSR count). The molecule has 0 atom stereocenters. The number of ether oxygens (including phenoxy) is 1. The first-order valence-corrected chi connectivity index (χ1v) is 7.69. The van der Waals surface area contributed by atoms with E-state index in [1.807, 2.05) is 11.4 Å². The van der Waals surface area contributed by atoms with E-state index in [1.54, 1.807) is 32.9 Å². The van der Waals surface area contributed by atoms with Gasteiger partial charge < -0.3 is 10.5 Å². The first-order valence-electron chi connectivity index (χ1n) is 6.81. The van der Waals surface area contributed by atoms with E-state index in [4.69, 9.17) is 10.5 Å². The molecule has 2 aromatic rings. The normalized spacial score (nSPS) is 11.2. The van der Waals surface area contributed by atoms with Crippen LogP contribution in [0.3, 0.4) is 0 Å². The van der Waals surface area contributed by atoms with E-state index in [9.17, 15) is 9.59 Å². The molecule has 0 bridgehead atoms. The maximum Gasteiger partial charge on any atom is 0.359 e. The van der Waals surface area contributed by atoms with E-state index in [1.165, 1.54) is 17.5 Å². The first-order chi connectivity index (χ1) is 10.3. The van der Waals surface area contributed by atoms with Gasteiger partial charge in [0.25, 0.3) is 0 Å². The largest absolute Gasteiger partial charge is 0.455 e. The number of aromatic nitrogens is 1. The Kier molecular flexibility index (Phi) is 4.61. The zero-order valence-corrected chi connectivity index (χ0v) is 13.6. The van der Waals surface area contributed by atoms with Crippen molar-refractivity contribution in [3.63, 3.8) is 0 Å².